The van der Waals surface area contributed by atoms with Crippen LogP contribution < -0.4 is 0 Å². The normalized spacial score (nSPS) is 17.0. The first-order chi connectivity index (χ1) is 17.4. The van der Waals surface area contributed by atoms with Crippen LogP contribution in [0.15, 0.2) is 78.9 Å². The van der Waals surface area contributed by atoms with E-state index in [0.29, 0.717) is 0 Å². The molecule has 1 aliphatic rings. The molecular weight excluding hydrogens is 442 g/mol. The number of fused-ring (bicyclic) bond motifs is 1. The van der Waals surface area contributed by atoms with E-state index in [1.165, 1.54) is 27.8 Å². The summed E-state index contributed by atoms with van der Waals surface area (Å²) in [6.07, 6.45) is 5.78. The Morgan fingerprint density at radius 2 is 1.56 bits per heavy atom. The zero-order valence-corrected chi connectivity index (χ0v) is 22.4. The number of nitrogens with zero attached hydrogens (tertiary/aromatic N) is 1. The molecule has 36 heavy (non-hydrogen) atoms. The molecule has 190 valence electrons. The maximum absolute atomic E-state index is 13.5. The fourth-order valence-corrected chi connectivity index (χ4v) is 5.46. The highest BCUT2D eigenvalue weighted by Crippen LogP contribution is 2.40. The molecule has 2 unspecified atom stereocenters. The highest BCUT2D eigenvalue weighted by Gasteiger charge is 2.39. The standard InChI is InChI=1S/C33H41NO2/c1-5-6-14-21-34(32(35)36-33(2,3)4)31-24-28-19-12-13-20-29(28)30(31)23-27-18-11-10-17-26(27)22-25-15-8-7-9-16-25/h7-13,15-20,30-31H,5-6,14,21-24H2,1-4H3. The number of amides is 1. The van der Waals surface area contributed by atoms with Gasteiger partial charge in [0.1, 0.15) is 5.60 Å². The van der Waals surface area contributed by atoms with Crippen molar-refractivity contribution < 1.29 is 9.53 Å². The SMILES string of the molecule is CCCCCN(C(=O)OC(C)(C)C)C1Cc2ccccc2C1Cc1ccccc1Cc1ccccc1. The number of carbonyl (C=O) groups is 1. The van der Waals surface area contributed by atoms with Gasteiger partial charge in [0, 0.05) is 18.5 Å². The molecule has 4 rings (SSSR count). The quantitative estimate of drug-likeness (QED) is 0.289. The van der Waals surface area contributed by atoms with Crippen LogP contribution in [0, 0.1) is 0 Å². The van der Waals surface area contributed by atoms with Gasteiger partial charge < -0.3 is 9.64 Å². The molecule has 0 heterocycles. The van der Waals surface area contributed by atoms with Gasteiger partial charge in [-0.15, -0.1) is 0 Å². The fourth-order valence-electron chi connectivity index (χ4n) is 5.46. The second-order valence-electron chi connectivity index (χ2n) is 11.1. The smallest absolute Gasteiger partial charge is 0.410 e. The van der Waals surface area contributed by atoms with Gasteiger partial charge in [0.05, 0.1) is 0 Å². The van der Waals surface area contributed by atoms with Crippen molar-refractivity contribution in [2.75, 3.05) is 6.54 Å². The average Bonchev–Trinajstić information content (AvgIpc) is 3.20. The van der Waals surface area contributed by atoms with Crippen molar-refractivity contribution >= 4 is 6.09 Å². The van der Waals surface area contributed by atoms with E-state index in [1.54, 1.807) is 0 Å². The van der Waals surface area contributed by atoms with Crippen molar-refractivity contribution in [3.63, 3.8) is 0 Å². The Balaban J connectivity index is 1.66. The number of hydrogen-bond donors (Lipinski definition) is 0. The van der Waals surface area contributed by atoms with E-state index < -0.39 is 5.60 Å². The summed E-state index contributed by atoms with van der Waals surface area (Å²) < 4.78 is 5.93. The van der Waals surface area contributed by atoms with Gasteiger partial charge in [-0.1, -0.05) is 98.6 Å². The van der Waals surface area contributed by atoms with Crippen LogP contribution in [-0.4, -0.2) is 29.2 Å². The minimum Gasteiger partial charge on any atom is -0.444 e. The number of hydrogen-bond acceptors (Lipinski definition) is 2. The lowest BCUT2D eigenvalue weighted by atomic mass is 9.87. The van der Waals surface area contributed by atoms with Crippen LogP contribution in [0.4, 0.5) is 4.79 Å². The Bertz CT molecular complexity index is 1130. The molecule has 0 saturated carbocycles. The number of ether oxygens (including phenoxy) is 1. The van der Waals surface area contributed by atoms with Crippen LogP contribution in [0.5, 0.6) is 0 Å². The van der Waals surface area contributed by atoms with E-state index in [2.05, 4.69) is 85.8 Å². The lowest BCUT2D eigenvalue weighted by molar-refractivity contribution is 0.0139. The topological polar surface area (TPSA) is 29.5 Å². The van der Waals surface area contributed by atoms with E-state index in [9.17, 15) is 4.79 Å². The molecule has 0 saturated heterocycles. The monoisotopic (exact) mass is 483 g/mol. The minimum atomic E-state index is -0.511. The second kappa shape index (κ2) is 11.8. The molecule has 0 fully saturated rings. The van der Waals surface area contributed by atoms with Crippen molar-refractivity contribution in [3.05, 3.63) is 107 Å². The minimum absolute atomic E-state index is 0.0962. The highest BCUT2D eigenvalue weighted by molar-refractivity contribution is 5.69. The summed E-state index contributed by atoms with van der Waals surface area (Å²) in [4.78, 5) is 15.5. The van der Waals surface area contributed by atoms with Crippen LogP contribution in [-0.2, 0) is 24.0 Å². The molecule has 3 nitrogen and oxygen atoms in total. The van der Waals surface area contributed by atoms with Gasteiger partial charge in [-0.2, -0.15) is 0 Å². The molecule has 3 aromatic rings. The van der Waals surface area contributed by atoms with E-state index in [4.69, 9.17) is 4.74 Å². The predicted octanol–water partition coefficient (Wildman–Crippen LogP) is 7.96. The zero-order chi connectivity index (χ0) is 25.5. The maximum Gasteiger partial charge on any atom is 0.410 e. The zero-order valence-electron chi connectivity index (χ0n) is 22.4. The summed E-state index contributed by atoms with van der Waals surface area (Å²) in [5, 5.41) is 0. The fraction of sp³-hybridized carbons (Fsp3) is 0.424. The first-order valence-electron chi connectivity index (χ1n) is 13.5. The molecule has 0 aromatic heterocycles. The van der Waals surface area contributed by atoms with Crippen LogP contribution in [0.1, 0.15) is 80.7 Å². The molecule has 0 N–H and O–H groups in total. The Morgan fingerprint density at radius 3 is 2.28 bits per heavy atom. The van der Waals surface area contributed by atoms with Gasteiger partial charge in [0.15, 0.2) is 0 Å². The molecule has 0 bridgehead atoms. The number of unbranched alkanes of at least 4 members (excludes halogenated alkanes) is 2. The molecule has 1 amide bonds. The van der Waals surface area contributed by atoms with E-state index >= 15 is 0 Å². The third-order valence-electron chi connectivity index (χ3n) is 7.17. The number of carbonyl (C=O) groups excluding carboxylic acids is 1. The van der Waals surface area contributed by atoms with Crippen LogP contribution in [0.25, 0.3) is 0 Å². The Hall–Kier alpha value is -3.07. The van der Waals surface area contributed by atoms with E-state index in [-0.39, 0.29) is 18.1 Å². The van der Waals surface area contributed by atoms with Crippen molar-refractivity contribution in [2.45, 2.75) is 83.8 Å². The number of benzene rings is 3. The summed E-state index contributed by atoms with van der Waals surface area (Å²) >= 11 is 0. The second-order valence-corrected chi connectivity index (χ2v) is 11.1. The maximum atomic E-state index is 13.5. The van der Waals surface area contributed by atoms with Gasteiger partial charge in [-0.05, 0) is 74.3 Å². The molecule has 3 aromatic carbocycles. The summed E-state index contributed by atoms with van der Waals surface area (Å²) in [7, 11) is 0. The van der Waals surface area contributed by atoms with Gasteiger partial charge >= 0.3 is 6.09 Å². The average molecular weight is 484 g/mol. The lowest BCUT2D eigenvalue weighted by Crippen LogP contribution is -2.46. The lowest BCUT2D eigenvalue weighted by Gasteiger charge is -2.35. The van der Waals surface area contributed by atoms with E-state index in [0.717, 1.165) is 45.1 Å². The molecule has 1 aliphatic carbocycles. The van der Waals surface area contributed by atoms with Gasteiger partial charge in [-0.25, -0.2) is 4.79 Å². The van der Waals surface area contributed by atoms with Crippen molar-refractivity contribution in [1.82, 2.24) is 4.90 Å². The van der Waals surface area contributed by atoms with Crippen LogP contribution in [0.2, 0.25) is 0 Å². The van der Waals surface area contributed by atoms with Crippen molar-refractivity contribution in [1.29, 1.82) is 0 Å². The first-order valence-corrected chi connectivity index (χ1v) is 13.5. The van der Waals surface area contributed by atoms with Gasteiger partial charge in [-0.3, -0.25) is 0 Å². The third-order valence-corrected chi connectivity index (χ3v) is 7.17. The highest BCUT2D eigenvalue weighted by atomic mass is 16.6. The molecular formula is C33H41NO2. The summed E-state index contributed by atoms with van der Waals surface area (Å²) in [5.41, 5.74) is 6.28. The molecule has 0 aliphatic heterocycles. The predicted molar refractivity (Wildman–Crippen MR) is 149 cm³/mol. The van der Waals surface area contributed by atoms with Gasteiger partial charge in [0.25, 0.3) is 0 Å². The van der Waals surface area contributed by atoms with Crippen LogP contribution >= 0.6 is 0 Å². The molecule has 2 atom stereocenters. The van der Waals surface area contributed by atoms with Crippen molar-refractivity contribution in [3.8, 4) is 0 Å². The Kier molecular flexibility index (Phi) is 8.51. The molecule has 3 heteroatoms. The Labute approximate surface area is 217 Å². The summed E-state index contributed by atoms with van der Waals surface area (Å²) in [6.45, 7) is 8.81. The van der Waals surface area contributed by atoms with Crippen molar-refractivity contribution in [2.24, 2.45) is 0 Å². The Morgan fingerprint density at radius 1 is 0.889 bits per heavy atom. The number of rotatable bonds is 9. The van der Waals surface area contributed by atoms with Crippen LogP contribution in [0.3, 0.4) is 0 Å². The third kappa shape index (κ3) is 6.57. The summed E-state index contributed by atoms with van der Waals surface area (Å²) in [6, 6.07) is 28.3. The largest absolute Gasteiger partial charge is 0.444 e. The van der Waals surface area contributed by atoms with E-state index in [1.807, 2.05) is 25.7 Å². The van der Waals surface area contributed by atoms with Gasteiger partial charge in [0.2, 0.25) is 0 Å². The molecule has 0 spiro atoms. The first kappa shape index (κ1) is 26.0. The summed E-state index contributed by atoms with van der Waals surface area (Å²) in [5.74, 6) is 0.243. The molecule has 0 radical (unpaired) electrons.